The summed E-state index contributed by atoms with van der Waals surface area (Å²) < 4.78 is 0. The van der Waals surface area contributed by atoms with Crippen LogP contribution in [-0.2, 0) is 0 Å². The summed E-state index contributed by atoms with van der Waals surface area (Å²) in [5.41, 5.74) is 0.0114. The molecule has 2 aliphatic rings. The second kappa shape index (κ2) is 4.42. The largest absolute Gasteiger partial charge is 0.391 e. The van der Waals surface area contributed by atoms with Crippen LogP contribution in [0.15, 0.2) is 0 Å². The summed E-state index contributed by atoms with van der Waals surface area (Å²) >= 11 is 0. The maximum atomic E-state index is 9.92. The molecule has 2 nitrogen and oxygen atoms in total. The van der Waals surface area contributed by atoms with Gasteiger partial charge in [-0.2, -0.15) is 0 Å². The Bertz CT molecular complexity index is 209. The molecule has 0 radical (unpaired) electrons. The minimum atomic E-state index is -0.124. The van der Waals surface area contributed by atoms with Crippen molar-refractivity contribution in [3.63, 3.8) is 0 Å². The fourth-order valence-corrected chi connectivity index (χ4v) is 3.14. The third-order valence-electron chi connectivity index (χ3n) is 4.51. The molecule has 1 saturated heterocycles. The normalized spacial score (nSPS) is 33.4. The van der Waals surface area contributed by atoms with Crippen LogP contribution in [0, 0.1) is 5.92 Å². The van der Waals surface area contributed by atoms with Crippen LogP contribution in [0.5, 0.6) is 0 Å². The predicted molar refractivity (Wildman–Crippen MR) is 62.9 cm³/mol. The summed E-state index contributed by atoms with van der Waals surface area (Å²) in [6.45, 7) is 6.68. The first-order valence-corrected chi connectivity index (χ1v) is 6.54. The van der Waals surface area contributed by atoms with Gasteiger partial charge in [0, 0.05) is 18.6 Å². The molecule has 0 amide bonds. The van der Waals surface area contributed by atoms with Crippen molar-refractivity contribution in [2.24, 2.45) is 5.92 Å². The second-order valence-corrected chi connectivity index (χ2v) is 5.91. The molecule has 1 aliphatic heterocycles. The Labute approximate surface area is 93.7 Å². The van der Waals surface area contributed by atoms with E-state index in [9.17, 15) is 5.11 Å². The number of hydrogen-bond acceptors (Lipinski definition) is 2. The van der Waals surface area contributed by atoms with Crippen molar-refractivity contribution in [2.75, 3.05) is 13.1 Å². The Kier molecular flexibility index (Phi) is 3.36. The summed E-state index contributed by atoms with van der Waals surface area (Å²) in [4.78, 5) is 2.51. The van der Waals surface area contributed by atoms with E-state index in [1.54, 1.807) is 0 Å². The number of rotatable bonds is 2. The van der Waals surface area contributed by atoms with Crippen LogP contribution >= 0.6 is 0 Å². The summed E-state index contributed by atoms with van der Waals surface area (Å²) in [5.74, 6) is 0.892. The van der Waals surface area contributed by atoms with E-state index in [4.69, 9.17) is 0 Å². The molecule has 0 aromatic heterocycles. The summed E-state index contributed by atoms with van der Waals surface area (Å²) in [6, 6.07) is 0. The summed E-state index contributed by atoms with van der Waals surface area (Å²) in [7, 11) is 0. The van der Waals surface area contributed by atoms with Crippen molar-refractivity contribution >= 4 is 0 Å². The van der Waals surface area contributed by atoms with E-state index < -0.39 is 0 Å². The SMILES string of the molecule is CC1(C)C(O)CCN1CC1CCCCC1. The van der Waals surface area contributed by atoms with E-state index in [0.717, 1.165) is 18.9 Å². The van der Waals surface area contributed by atoms with Gasteiger partial charge in [-0.05, 0) is 39.0 Å². The van der Waals surface area contributed by atoms with Crippen LogP contribution in [-0.4, -0.2) is 34.7 Å². The van der Waals surface area contributed by atoms with Crippen molar-refractivity contribution in [3.05, 3.63) is 0 Å². The first-order valence-electron chi connectivity index (χ1n) is 6.54. The Morgan fingerprint density at radius 3 is 2.33 bits per heavy atom. The van der Waals surface area contributed by atoms with Crippen LogP contribution in [0.3, 0.4) is 0 Å². The molecule has 1 heterocycles. The zero-order valence-corrected chi connectivity index (χ0v) is 10.2. The molecule has 1 unspecified atom stereocenters. The lowest BCUT2D eigenvalue weighted by atomic mass is 9.88. The highest BCUT2D eigenvalue weighted by Crippen LogP contribution is 2.32. The molecule has 1 aliphatic carbocycles. The van der Waals surface area contributed by atoms with E-state index >= 15 is 0 Å². The molecule has 1 atom stereocenters. The number of hydrogen-bond donors (Lipinski definition) is 1. The molecule has 15 heavy (non-hydrogen) atoms. The van der Waals surface area contributed by atoms with Gasteiger partial charge in [-0.25, -0.2) is 0 Å². The Morgan fingerprint density at radius 1 is 1.13 bits per heavy atom. The molecule has 1 saturated carbocycles. The Balaban J connectivity index is 1.88. The van der Waals surface area contributed by atoms with E-state index in [0.29, 0.717) is 0 Å². The smallest absolute Gasteiger partial charge is 0.0730 e. The van der Waals surface area contributed by atoms with Gasteiger partial charge in [-0.15, -0.1) is 0 Å². The molecule has 0 aromatic carbocycles. The van der Waals surface area contributed by atoms with Crippen molar-refractivity contribution < 1.29 is 5.11 Å². The maximum absolute atomic E-state index is 9.92. The highest BCUT2D eigenvalue weighted by molar-refractivity contribution is 4.96. The summed E-state index contributed by atoms with van der Waals surface area (Å²) in [6.07, 6.45) is 7.91. The van der Waals surface area contributed by atoms with Crippen LogP contribution < -0.4 is 0 Å². The molecule has 2 rings (SSSR count). The van der Waals surface area contributed by atoms with Crippen molar-refractivity contribution in [1.82, 2.24) is 4.90 Å². The number of nitrogens with zero attached hydrogens (tertiary/aromatic N) is 1. The van der Waals surface area contributed by atoms with Crippen LogP contribution in [0.1, 0.15) is 52.4 Å². The average Bonchev–Trinajstić information content (AvgIpc) is 2.47. The molecule has 0 aromatic rings. The fraction of sp³-hybridized carbons (Fsp3) is 1.00. The van der Waals surface area contributed by atoms with Gasteiger partial charge < -0.3 is 5.11 Å². The third kappa shape index (κ3) is 2.36. The van der Waals surface area contributed by atoms with Gasteiger partial charge in [0.15, 0.2) is 0 Å². The second-order valence-electron chi connectivity index (χ2n) is 5.91. The monoisotopic (exact) mass is 211 g/mol. The lowest BCUT2D eigenvalue weighted by Gasteiger charge is -2.37. The van der Waals surface area contributed by atoms with E-state index in [2.05, 4.69) is 18.7 Å². The lowest BCUT2D eigenvalue weighted by Crippen LogP contribution is -2.47. The number of aliphatic hydroxyl groups excluding tert-OH is 1. The predicted octanol–water partition coefficient (Wildman–Crippen LogP) is 2.41. The zero-order chi connectivity index (χ0) is 10.9. The molecule has 2 fully saturated rings. The minimum Gasteiger partial charge on any atom is -0.391 e. The van der Waals surface area contributed by atoms with Crippen molar-refractivity contribution in [2.45, 2.75) is 64.0 Å². The fourth-order valence-electron chi connectivity index (χ4n) is 3.14. The zero-order valence-electron chi connectivity index (χ0n) is 10.2. The van der Waals surface area contributed by atoms with Gasteiger partial charge in [-0.1, -0.05) is 19.3 Å². The molecular formula is C13H25NO. The van der Waals surface area contributed by atoms with Crippen LogP contribution in [0.4, 0.5) is 0 Å². The van der Waals surface area contributed by atoms with Gasteiger partial charge in [0.1, 0.15) is 0 Å². The molecule has 2 heteroatoms. The van der Waals surface area contributed by atoms with Gasteiger partial charge >= 0.3 is 0 Å². The molecule has 0 spiro atoms. The number of aliphatic hydroxyl groups is 1. The topological polar surface area (TPSA) is 23.5 Å². The first kappa shape index (κ1) is 11.4. The van der Waals surface area contributed by atoms with Crippen molar-refractivity contribution in [3.8, 4) is 0 Å². The molecular weight excluding hydrogens is 186 g/mol. The van der Waals surface area contributed by atoms with Crippen LogP contribution in [0.2, 0.25) is 0 Å². The molecule has 1 N–H and O–H groups in total. The highest BCUT2D eigenvalue weighted by atomic mass is 16.3. The van der Waals surface area contributed by atoms with E-state index in [1.165, 1.54) is 38.6 Å². The van der Waals surface area contributed by atoms with Gasteiger partial charge in [0.2, 0.25) is 0 Å². The Hall–Kier alpha value is -0.0800. The third-order valence-corrected chi connectivity index (χ3v) is 4.51. The minimum absolute atomic E-state index is 0.0114. The van der Waals surface area contributed by atoms with Gasteiger partial charge in [0.05, 0.1) is 6.10 Å². The Morgan fingerprint density at radius 2 is 1.80 bits per heavy atom. The molecule has 88 valence electrons. The van der Waals surface area contributed by atoms with Crippen LogP contribution in [0.25, 0.3) is 0 Å². The van der Waals surface area contributed by atoms with E-state index in [1.807, 2.05) is 0 Å². The quantitative estimate of drug-likeness (QED) is 0.758. The first-order chi connectivity index (χ1) is 7.10. The number of likely N-dealkylation sites (tertiary alicyclic amines) is 1. The highest BCUT2D eigenvalue weighted by Gasteiger charge is 2.40. The van der Waals surface area contributed by atoms with Gasteiger partial charge in [0.25, 0.3) is 0 Å². The molecule has 0 bridgehead atoms. The standard InChI is InChI=1S/C13H25NO/c1-13(2)12(15)8-9-14(13)10-11-6-4-3-5-7-11/h11-12,15H,3-10H2,1-2H3. The lowest BCUT2D eigenvalue weighted by molar-refractivity contribution is 0.0427. The summed E-state index contributed by atoms with van der Waals surface area (Å²) in [5, 5.41) is 9.92. The average molecular weight is 211 g/mol. The van der Waals surface area contributed by atoms with Crippen molar-refractivity contribution in [1.29, 1.82) is 0 Å². The maximum Gasteiger partial charge on any atom is 0.0730 e. The van der Waals surface area contributed by atoms with E-state index in [-0.39, 0.29) is 11.6 Å². The van der Waals surface area contributed by atoms with Gasteiger partial charge in [-0.3, -0.25) is 4.90 Å².